The topological polar surface area (TPSA) is 49.4 Å². The minimum Gasteiger partial charge on any atom is -0.354 e. The molecule has 0 radical (unpaired) electrons. The van der Waals surface area contributed by atoms with Crippen LogP contribution in [0.4, 0.5) is 0 Å². The Morgan fingerprint density at radius 1 is 0.794 bits per heavy atom. The van der Waals surface area contributed by atoms with Gasteiger partial charge in [-0.2, -0.15) is 0 Å². The van der Waals surface area contributed by atoms with Crippen molar-refractivity contribution in [1.82, 2.24) is 10.2 Å². The molecule has 0 heterocycles. The third-order valence-corrected chi connectivity index (χ3v) is 6.05. The summed E-state index contributed by atoms with van der Waals surface area (Å²) in [6, 6.07) is 29.7. The van der Waals surface area contributed by atoms with Gasteiger partial charge in [-0.1, -0.05) is 112 Å². The predicted molar refractivity (Wildman–Crippen MR) is 138 cm³/mol. The van der Waals surface area contributed by atoms with Crippen LogP contribution >= 0.6 is 0 Å². The van der Waals surface area contributed by atoms with Gasteiger partial charge < -0.3 is 10.2 Å². The number of nitrogens with zero attached hydrogens (tertiary/aromatic N) is 1. The highest BCUT2D eigenvalue weighted by Crippen LogP contribution is 2.29. The Balaban J connectivity index is 1.91. The second-order valence-electron chi connectivity index (χ2n) is 9.15. The van der Waals surface area contributed by atoms with Crippen LogP contribution in [0.25, 0.3) is 0 Å². The minimum absolute atomic E-state index is 0.0203. The lowest BCUT2D eigenvalue weighted by Gasteiger charge is -2.32. The van der Waals surface area contributed by atoms with Gasteiger partial charge in [-0.25, -0.2) is 0 Å². The molecule has 0 fully saturated rings. The quantitative estimate of drug-likeness (QED) is 0.397. The number of rotatable bonds is 11. The second kappa shape index (κ2) is 12.7. The Morgan fingerprint density at radius 3 is 1.76 bits per heavy atom. The number of amides is 2. The van der Waals surface area contributed by atoms with Crippen LogP contribution in [0.15, 0.2) is 91.0 Å². The first-order valence-electron chi connectivity index (χ1n) is 12.2. The average Bonchev–Trinajstić information content (AvgIpc) is 2.87. The second-order valence-corrected chi connectivity index (χ2v) is 9.15. The van der Waals surface area contributed by atoms with Crippen LogP contribution in [0.2, 0.25) is 0 Å². The van der Waals surface area contributed by atoms with Gasteiger partial charge in [0.25, 0.3) is 0 Å². The lowest BCUT2D eigenvalue weighted by Crippen LogP contribution is -2.49. The van der Waals surface area contributed by atoms with Gasteiger partial charge in [0.2, 0.25) is 11.8 Å². The zero-order valence-electron chi connectivity index (χ0n) is 20.5. The molecule has 3 rings (SSSR count). The summed E-state index contributed by atoms with van der Waals surface area (Å²) in [5.74, 6) is 0.161. The minimum atomic E-state index is -0.515. The van der Waals surface area contributed by atoms with E-state index in [1.807, 2.05) is 73.7 Å². The summed E-state index contributed by atoms with van der Waals surface area (Å²) in [5.41, 5.74) is 3.21. The third kappa shape index (κ3) is 7.05. The van der Waals surface area contributed by atoms with E-state index in [0.29, 0.717) is 31.8 Å². The first-order chi connectivity index (χ1) is 16.5. The van der Waals surface area contributed by atoms with Gasteiger partial charge in [0.05, 0.1) is 0 Å². The van der Waals surface area contributed by atoms with Crippen molar-refractivity contribution in [3.05, 3.63) is 108 Å². The SMILES string of the molecule is CC[C@@H](C(=O)NCC(C)C)N(Cc1ccccc1)C(=O)CC(c1ccccc1)c1ccccc1. The molecule has 178 valence electrons. The molecule has 3 aromatic rings. The molecule has 0 saturated heterocycles. The fourth-order valence-electron chi connectivity index (χ4n) is 4.21. The number of hydrogen-bond donors (Lipinski definition) is 1. The maximum Gasteiger partial charge on any atom is 0.242 e. The van der Waals surface area contributed by atoms with Gasteiger partial charge in [0.1, 0.15) is 6.04 Å². The van der Waals surface area contributed by atoms with Gasteiger partial charge in [-0.15, -0.1) is 0 Å². The number of hydrogen-bond acceptors (Lipinski definition) is 2. The summed E-state index contributed by atoms with van der Waals surface area (Å²) in [4.78, 5) is 28.8. The molecule has 3 aromatic carbocycles. The van der Waals surface area contributed by atoms with Crippen LogP contribution in [0, 0.1) is 5.92 Å². The van der Waals surface area contributed by atoms with Gasteiger partial charge in [-0.3, -0.25) is 9.59 Å². The zero-order valence-corrected chi connectivity index (χ0v) is 20.5. The molecule has 34 heavy (non-hydrogen) atoms. The monoisotopic (exact) mass is 456 g/mol. The van der Waals surface area contributed by atoms with Crippen LogP contribution in [0.5, 0.6) is 0 Å². The van der Waals surface area contributed by atoms with Crippen molar-refractivity contribution in [3.63, 3.8) is 0 Å². The van der Waals surface area contributed by atoms with Crippen molar-refractivity contribution in [2.45, 2.75) is 52.1 Å². The highest BCUT2D eigenvalue weighted by atomic mass is 16.2. The number of carbonyl (C=O) groups excluding carboxylic acids is 2. The largest absolute Gasteiger partial charge is 0.354 e. The molecule has 0 aliphatic carbocycles. The van der Waals surface area contributed by atoms with Crippen LogP contribution in [-0.4, -0.2) is 29.3 Å². The van der Waals surface area contributed by atoms with Gasteiger partial charge in [0, 0.05) is 25.4 Å². The molecule has 0 aromatic heterocycles. The molecule has 1 atom stereocenters. The zero-order chi connectivity index (χ0) is 24.3. The maximum atomic E-state index is 13.9. The van der Waals surface area contributed by atoms with Crippen LogP contribution < -0.4 is 5.32 Å². The van der Waals surface area contributed by atoms with Crippen LogP contribution in [0.3, 0.4) is 0 Å². The normalized spacial score (nSPS) is 11.9. The molecule has 0 aliphatic heterocycles. The van der Waals surface area contributed by atoms with E-state index in [1.165, 1.54) is 0 Å². The van der Waals surface area contributed by atoms with E-state index in [2.05, 4.69) is 43.4 Å². The fraction of sp³-hybridized carbons (Fsp3) is 0.333. The number of nitrogens with one attached hydrogen (secondary N) is 1. The van der Waals surface area contributed by atoms with Gasteiger partial charge >= 0.3 is 0 Å². The first kappa shape index (κ1) is 25.2. The molecule has 4 heteroatoms. The molecule has 0 aliphatic rings. The molecular formula is C30H36N2O2. The Labute approximate surface area is 204 Å². The summed E-state index contributed by atoms with van der Waals surface area (Å²) in [5, 5.41) is 3.04. The lowest BCUT2D eigenvalue weighted by atomic mass is 9.88. The Morgan fingerprint density at radius 2 is 1.29 bits per heavy atom. The van der Waals surface area contributed by atoms with Gasteiger partial charge in [0.15, 0.2) is 0 Å². The third-order valence-electron chi connectivity index (χ3n) is 6.05. The summed E-state index contributed by atoms with van der Waals surface area (Å²) in [6.45, 7) is 7.11. The van der Waals surface area contributed by atoms with E-state index >= 15 is 0 Å². The van der Waals surface area contributed by atoms with Crippen molar-refractivity contribution in [2.75, 3.05) is 6.54 Å². The van der Waals surface area contributed by atoms with E-state index in [0.717, 1.165) is 16.7 Å². The van der Waals surface area contributed by atoms with Crippen molar-refractivity contribution in [1.29, 1.82) is 0 Å². The number of carbonyl (C=O) groups is 2. The first-order valence-corrected chi connectivity index (χ1v) is 12.2. The Bertz CT molecular complexity index is 980. The molecular weight excluding hydrogens is 420 g/mol. The fourth-order valence-corrected chi connectivity index (χ4v) is 4.21. The molecule has 2 amide bonds. The van der Waals surface area contributed by atoms with Crippen molar-refractivity contribution >= 4 is 11.8 Å². The molecule has 0 unspecified atom stereocenters. The molecule has 0 saturated carbocycles. The smallest absolute Gasteiger partial charge is 0.242 e. The van der Waals surface area contributed by atoms with E-state index in [1.54, 1.807) is 4.90 Å². The Hall–Kier alpha value is -3.40. The summed E-state index contributed by atoms with van der Waals surface area (Å²) >= 11 is 0. The van der Waals surface area contributed by atoms with E-state index in [9.17, 15) is 9.59 Å². The Kier molecular flexibility index (Phi) is 9.45. The van der Waals surface area contributed by atoms with E-state index < -0.39 is 6.04 Å². The molecule has 0 spiro atoms. The molecule has 4 nitrogen and oxygen atoms in total. The molecule has 0 bridgehead atoms. The molecule has 1 N–H and O–H groups in total. The summed E-state index contributed by atoms with van der Waals surface area (Å²) in [6.07, 6.45) is 0.860. The van der Waals surface area contributed by atoms with E-state index in [-0.39, 0.29) is 17.7 Å². The average molecular weight is 457 g/mol. The van der Waals surface area contributed by atoms with Crippen molar-refractivity contribution < 1.29 is 9.59 Å². The van der Waals surface area contributed by atoms with Crippen molar-refractivity contribution in [3.8, 4) is 0 Å². The highest BCUT2D eigenvalue weighted by Gasteiger charge is 2.30. The maximum absolute atomic E-state index is 13.9. The number of benzene rings is 3. The standard InChI is InChI=1S/C30H36N2O2/c1-4-28(30(34)31-21-23(2)3)32(22-24-14-8-5-9-15-24)29(33)20-27(25-16-10-6-11-17-25)26-18-12-7-13-19-26/h5-19,23,27-28H,4,20-22H2,1-3H3,(H,31,34)/t28-/m0/s1. The predicted octanol–water partition coefficient (Wildman–Crippen LogP) is 5.79. The van der Waals surface area contributed by atoms with Gasteiger partial charge in [-0.05, 0) is 29.0 Å². The van der Waals surface area contributed by atoms with Crippen molar-refractivity contribution in [2.24, 2.45) is 5.92 Å². The highest BCUT2D eigenvalue weighted by molar-refractivity contribution is 5.88. The van der Waals surface area contributed by atoms with Crippen LogP contribution in [0.1, 0.15) is 56.2 Å². The summed E-state index contributed by atoms with van der Waals surface area (Å²) in [7, 11) is 0. The lowest BCUT2D eigenvalue weighted by molar-refractivity contribution is -0.141. The van der Waals surface area contributed by atoms with Crippen LogP contribution in [-0.2, 0) is 16.1 Å². The van der Waals surface area contributed by atoms with E-state index in [4.69, 9.17) is 0 Å². The summed E-state index contributed by atoms with van der Waals surface area (Å²) < 4.78 is 0.